The van der Waals surface area contributed by atoms with Crippen molar-refractivity contribution in [2.75, 3.05) is 6.61 Å². The molecule has 1 saturated heterocycles. The van der Waals surface area contributed by atoms with Crippen molar-refractivity contribution < 1.29 is 33.3 Å². The van der Waals surface area contributed by atoms with Crippen molar-refractivity contribution in [3.05, 3.63) is 10.4 Å². The number of hydrogen-bond donors (Lipinski definition) is 0. The molecule has 0 unspecified atom stereocenters. The predicted octanol–water partition coefficient (Wildman–Crippen LogP) is 0.342. The molecule has 0 saturated carbocycles. The van der Waals surface area contributed by atoms with Crippen LogP contribution in [0.4, 0.5) is 0 Å². The molecule has 0 aromatic rings. The van der Waals surface area contributed by atoms with E-state index in [9.17, 15) is 19.6 Å². The molecule has 23 heavy (non-hydrogen) atoms. The van der Waals surface area contributed by atoms with Gasteiger partial charge in [-0.3, -0.25) is 14.4 Å². The summed E-state index contributed by atoms with van der Waals surface area (Å²) in [5.74, 6) is -2.32. The van der Waals surface area contributed by atoms with Crippen LogP contribution < -0.4 is 0 Å². The van der Waals surface area contributed by atoms with E-state index in [0.717, 1.165) is 20.8 Å². The van der Waals surface area contributed by atoms with E-state index in [2.05, 4.69) is 10.0 Å². The zero-order valence-corrected chi connectivity index (χ0v) is 12.6. The van der Waals surface area contributed by atoms with Crippen LogP contribution in [0.3, 0.4) is 0 Å². The van der Waals surface area contributed by atoms with Crippen molar-refractivity contribution in [3.63, 3.8) is 0 Å². The van der Waals surface area contributed by atoms with Gasteiger partial charge in [-0.2, -0.15) is 5.26 Å². The molecule has 0 N–H and O–H groups in total. The molecule has 1 aliphatic heterocycles. The van der Waals surface area contributed by atoms with Gasteiger partial charge in [-0.15, -0.1) is 0 Å². The Labute approximate surface area is 130 Å². The van der Waals surface area contributed by atoms with E-state index in [-0.39, 0.29) is 0 Å². The Morgan fingerprint density at radius 3 is 2.22 bits per heavy atom. The lowest BCUT2D eigenvalue weighted by Crippen LogP contribution is -2.62. The van der Waals surface area contributed by atoms with E-state index in [1.165, 1.54) is 0 Å². The summed E-state index contributed by atoms with van der Waals surface area (Å²) in [5, 5.41) is 12.5. The van der Waals surface area contributed by atoms with Crippen molar-refractivity contribution in [2.45, 2.75) is 44.8 Å². The molecule has 1 rings (SSSR count). The second-order valence-electron chi connectivity index (χ2n) is 4.56. The summed E-state index contributed by atoms with van der Waals surface area (Å²) in [6, 6.07) is 1.60. The van der Waals surface area contributed by atoms with Gasteiger partial charge in [-0.25, -0.2) is 0 Å². The molecule has 124 valence electrons. The zero-order chi connectivity index (χ0) is 17.6. The number of esters is 3. The van der Waals surface area contributed by atoms with Crippen molar-refractivity contribution >= 4 is 17.9 Å². The molecular weight excluding hydrogens is 312 g/mol. The maximum Gasteiger partial charge on any atom is 0.303 e. The molecule has 1 fully saturated rings. The van der Waals surface area contributed by atoms with Gasteiger partial charge in [-0.1, -0.05) is 0 Å². The van der Waals surface area contributed by atoms with Gasteiger partial charge >= 0.3 is 17.9 Å². The Morgan fingerprint density at radius 2 is 1.78 bits per heavy atom. The number of carbonyl (C=O) groups is 3. The molecule has 1 aliphatic rings. The third kappa shape index (κ3) is 4.32. The average Bonchev–Trinajstić information content (AvgIpc) is 2.44. The van der Waals surface area contributed by atoms with Crippen LogP contribution in [0.2, 0.25) is 0 Å². The first kappa shape index (κ1) is 18.2. The fourth-order valence-corrected chi connectivity index (χ4v) is 2.04. The lowest BCUT2D eigenvalue weighted by atomic mass is 9.95. The molecule has 0 amide bonds. The Kier molecular flexibility index (Phi) is 5.89. The quantitative estimate of drug-likeness (QED) is 0.235. The van der Waals surface area contributed by atoms with Crippen LogP contribution in [0.1, 0.15) is 20.8 Å². The van der Waals surface area contributed by atoms with Gasteiger partial charge in [0.15, 0.2) is 18.3 Å². The summed E-state index contributed by atoms with van der Waals surface area (Å²) in [5.41, 5.74) is 6.39. The molecule has 11 heteroatoms. The summed E-state index contributed by atoms with van der Waals surface area (Å²) >= 11 is 0. The fraction of sp³-hybridized carbons (Fsp3) is 0.667. The third-order valence-electron chi connectivity index (χ3n) is 2.78. The van der Waals surface area contributed by atoms with Gasteiger partial charge in [0.1, 0.15) is 6.07 Å². The average molecular weight is 326 g/mol. The van der Waals surface area contributed by atoms with E-state index < -0.39 is 48.6 Å². The van der Waals surface area contributed by atoms with Crippen molar-refractivity contribution in [1.29, 1.82) is 5.26 Å². The minimum Gasteiger partial charge on any atom is -0.456 e. The molecular formula is C12H14N4O7. The molecule has 11 nitrogen and oxygen atoms in total. The van der Waals surface area contributed by atoms with Crippen molar-refractivity contribution in [1.82, 2.24) is 0 Å². The summed E-state index contributed by atoms with van der Waals surface area (Å²) in [4.78, 5) is 36.3. The molecule has 0 bridgehead atoms. The summed E-state index contributed by atoms with van der Waals surface area (Å²) in [6.07, 6.45) is -4.13. The summed E-state index contributed by atoms with van der Waals surface area (Å²) < 4.78 is 20.1. The maximum atomic E-state index is 11.3. The molecule has 0 spiro atoms. The number of nitriles is 1. The van der Waals surface area contributed by atoms with E-state index in [1.54, 1.807) is 6.07 Å². The Hall–Kier alpha value is -2.83. The van der Waals surface area contributed by atoms with Crippen LogP contribution >= 0.6 is 0 Å². The molecule has 0 aliphatic carbocycles. The van der Waals surface area contributed by atoms with Gasteiger partial charge < -0.3 is 18.9 Å². The summed E-state index contributed by atoms with van der Waals surface area (Å²) in [7, 11) is 0. The van der Waals surface area contributed by atoms with Crippen LogP contribution in [0.15, 0.2) is 5.11 Å². The van der Waals surface area contributed by atoms with Gasteiger partial charge in [0, 0.05) is 25.7 Å². The van der Waals surface area contributed by atoms with E-state index >= 15 is 0 Å². The SMILES string of the molecule is CC(=O)O[C@H]1[C@@H](OC(C)=O)CO[C@](C#N)(N=[N+]=[N-])[C@@H]1OC(C)=O. The Bertz CT molecular complexity index is 595. The first-order valence-corrected chi connectivity index (χ1v) is 6.39. The molecule has 1 heterocycles. The highest BCUT2D eigenvalue weighted by Gasteiger charge is 2.56. The number of ether oxygens (including phenoxy) is 4. The predicted molar refractivity (Wildman–Crippen MR) is 70.1 cm³/mol. The van der Waals surface area contributed by atoms with Crippen molar-refractivity contribution in [3.8, 4) is 6.07 Å². The minimum absolute atomic E-state index is 0.401. The first-order valence-electron chi connectivity index (χ1n) is 6.39. The lowest BCUT2D eigenvalue weighted by Gasteiger charge is -2.42. The fourth-order valence-electron chi connectivity index (χ4n) is 2.04. The van der Waals surface area contributed by atoms with Crippen LogP contribution in [0.25, 0.3) is 10.4 Å². The number of hydrogen-bond acceptors (Lipinski definition) is 9. The molecule has 4 atom stereocenters. The van der Waals surface area contributed by atoms with Crippen LogP contribution in [-0.4, -0.2) is 48.6 Å². The highest BCUT2D eigenvalue weighted by molar-refractivity contribution is 5.68. The standard InChI is InChI=1S/C12H14N4O7/c1-6(17)21-9-4-20-12(5-13,15-16-14)11(23-8(3)19)10(9)22-7(2)18/h9-11H,4H2,1-3H3/t9-,10-,11+,12-/m0/s1. The van der Waals surface area contributed by atoms with Gasteiger partial charge in [0.2, 0.25) is 0 Å². The highest BCUT2D eigenvalue weighted by Crippen LogP contribution is 2.33. The monoisotopic (exact) mass is 326 g/mol. The number of azide groups is 1. The van der Waals surface area contributed by atoms with Crippen LogP contribution in [-0.2, 0) is 33.3 Å². The highest BCUT2D eigenvalue weighted by atomic mass is 16.7. The third-order valence-corrected chi connectivity index (χ3v) is 2.78. The molecule has 0 aromatic heterocycles. The van der Waals surface area contributed by atoms with E-state index in [4.69, 9.17) is 24.5 Å². The van der Waals surface area contributed by atoms with Crippen LogP contribution in [0, 0.1) is 11.3 Å². The number of rotatable bonds is 4. The van der Waals surface area contributed by atoms with Crippen molar-refractivity contribution in [2.24, 2.45) is 5.11 Å². The molecule has 0 radical (unpaired) electrons. The van der Waals surface area contributed by atoms with E-state index in [0.29, 0.717) is 0 Å². The second kappa shape index (κ2) is 7.44. The van der Waals surface area contributed by atoms with E-state index in [1.807, 2.05) is 0 Å². The number of carbonyl (C=O) groups excluding carboxylic acids is 3. The lowest BCUT2D eigenvalue weighted by molar-refractivity contribution is -0.240. The normalized spacial score (nSPS) is 29.4. The Morgan fingerprint density at radius 1 is 1.22 bits per heavy atom. The van der Waals surface area contributed by atoms with Crippen LogP contribution in [0.5, 0.6) is 0 Å². The zero-order valence-electron chi connectivity index (χ0n) is 12.6. The van der Waals surface area contributed by atoms with Gasteiger partial charge in [0.05, 0.1) is 6.61 Å². The molecule has 0 aromatic carbocycles. The van der Waals surface area contributed by atoms with Gasteiger partial charge in [0.25, 0.3) is 5.72 Å². The summed E-state index contributed by atoms with van der Waals surface area (Å²) in [6.45, 7) is 2.83. The first-order chi connectivity index (χ1) is 10.8. The topological polar surface area (TPSA) is 161 Å². The number of nitrogens with zero attached hydrogens (tertiary/aromatic N) is 4. The smallest absolute Gasteiger partial charge is 0.303 e. The minimum atomic E-state index is -2.25. The van der Waals surface area contributed by atoms with Gasteiger partial charge in [-0.05, 0) is 10.6 Å². The largest absolute Gasteiger partial charge is 0.456 e. The Balaban J connectivity index is 3.32. The second-order valence-corrected chi connectivity index (χ2v) is 4.56. The maximum absolute atomic E-state index is 11.3.